The van der Waals surface area contributed by atoms with Crippen molar-refractivity contribution in [1.82, 2.24) is 0 Å². The molecule has 0 radical (unpaired) electrons. The summed E-state index contributed by atoms with van der Waals surface area (Å²) < 4.78 is 0. The second-order valence-corrected chi connectivity index (χ2v) is 14.3. The Labute approximate surface area is 253 Å². The van der Waals surface area contributed by atoms with Crippen LogP contribution in [0.3, 0.4) is 0 Å². The summed E-state index contributed by atoms with van der Waals surface area (Å²) in [7, 11) is -1.57. The van der Waals surface area contributed by atoms with Gasteiger partial charge in [-0.15, -0.1) is 0 Å². The van der Waals surface area contributed by atoms with Gasteiger partial charge in [-0.25, -0.2) is 0 Å². The van der Waals surface area contributed by atoms with Gasteiger partial charge in [-0.1, -0.05) is 194 Å². The number of unbranched alkanes of at least 4 members (excludes halogenated alkanes) is 28. The van der Waals surface area contributed by atoms with Gasteiger partial charge in [0.2, 0.25) is 0 Å². The predicted octanol–water partition coefficient (Wildman–Crippen LogP) is 12.9. The molecule has 0 aliphatic carbocycles. The highest BCUT2D eigenvalue weighted by Crippen LogP contribution is 2.33. The summed E-state index contributed by atoms with van der Waals surface area (Å²) in [5.41, 5.74) is 6.10. The highest BCUT2D eigenvalue weighted by atomic mass is 31.1. The standard InChI is InChI=1S/C36H72NO2P/c1-3-5-7-9-11-13-15-17-19-21-23-25-27-29-31-33-35(38)40(37)36(39)34-32-30-28-26-24-22-20-18-16-14-12-10-8-6-4-2/h3-34,37H2,1-2H3. The van der Waals surface area contributed by atoms with E-state index in [1.165, 1.54) is 167 Å². The lowest BCUT2D eigenvalue weighted by Crippen LogP contribution is -2.11. The van der Waals surface area contributed by atoms with Crippen LogP contribution in [0, 0.1) is 0 Å². The van der Waals surface area contributed by atoms with Gasteiger partial charge < -0.3 is 0 Å². The quantitative estimate of drug-likeness (QED) is 0.0607. The molecular formula is C36H72NO2P. The summed E-state index contributed by atoms with van der Waals surface area (Å²) in [6.07, 6.45) is 40.6. The number of hydrogen-bond donors (Lipinski definition) is 1. The summed E-state index contributed by atoms with van der Waals surface area (Å²) in [6, 6.07) is 0. The first-order valence-electron chi connectivity index (χ1n) is 18.2. The molecule has 0 fully saturated rings. The Bertz CT molecular complexity index is 493. The third kappa shape index (κ3) is 29.2. The van der Waals surface area contributed by atoms with Crippen molar-refractivity contribution in [1.29, 1.82) is 0 Å². The van der Waals surface area contributed by atoms with Gasteiger partial charge in [-0.2, -0.15) is 0 Å². The molecule has 3 nitrogen and oxygen atoms in total. The zero-order valence-corrected chi connectivity index (χ0v) is 28.4. The lowest BCUT2D eigenvalue weighted by atomic mass is 10.0. The number of carbonyl (C=O) groups excluding carboxylic acids is 2. The first kappa shape index (κ1) is 39.7. The third-order valence-corrected chi connectivity index (χ3v) is 10.0. The Balaban J connectivity index is 3.41. The summed E-state index contributed by atoms with van der Waals surface area (Å²) in [5.74, 6) is 0. The van der Waals surface area contributed by atoms with Crippen molar-refractivity contribution in [3.63, 3.8) is 0 Å². The summed E-state index contributed by atoms with van der Waals surface area (Å²) in [6.45, 7) is 4.56. The van der Waals surface area contributed by atoms with Crippen LogP contribution in [-0.4, -0.2) is 11.0 Å². The van der Waals surface area contributed by atoms with Crippen LogP contribution in [-0.2, 0) is 9.59 Å². The fourth-order valence-corrected chi connectivity index (χ4v) is 6.75. The Morgan fingerprint density at radius 3 is 0.725 bits per heavy atom. The lowest BCUT2D eigenvalue weighted by molar-refractivity contribution is -0.114. The van der Waals surface area contributed by atoms with Crippen LogP contribution in [0.5, 0.6) is 0 Å². The van der Waals surface area contributed by atoms with Crippen LogP contribution < -0.4 is 5.50 Å². The van der Waals surface area contributed by atoms with E-state index in [0.29, 0.717) is 12.8 Å². The highest BCUT2D eigenvalue weighted by molar-refractivity contribution is 7.87. The molecular weight excluding hydrogens is 509 g/mol. The highest BCUT2D eigenvalue weighted by Gasteiger charge is 2.20. The van der Waals surface area contributed by atoms with Gasteiger partial charge >= 0.3 is 0 Å². The van der Waals surface area contributed by atoms with Crippen LogP contribution in [0.1, 0.15) is 219 Å². The molecule has 4 heteroatoms. The van der Waals surface area contributed by atoms with Crippen LogP contribution in [0.25, 0.3) is 0 Å². The molecule has 238 valence electrons. The maximum Gasteiger partial charge on any atom is 0.176 e. The SMILES string of the molecule is CCCCCCCCCCCCCCCCCC(=O)P(N)C(=O)CCCCCCCCCCCCCCCCC. The van der Waals surface area contributed by atoms with E-state index in [1.807, 2.05) is 0 Å². The van der Waals surface area contributed by atoms with Crippen molar-refractivity contribution in [2.24, 2.45) is 5.50 Å². The summed E-state index contributed by atoms with van der Waals surface area (Å²) >= 11 is 0. The molecule has 0 aromatic heterocycles. The first-order chi connectivity index (χ1) is 19.6. The van der Waals surface area contributed by atoms with E-state index in [4.69, 9.17) is 5.50 Å². The average molecular weight is 582 g/mol. The molecule has 0 rings (SSSR count). The molecule has 2 N–H and O–H groups in total. The van der Waals surface area contributed by atoms with E-state index in [-0.39, 0.29) is 11.0 Å². The van der Waals surface area contributed by atoms with Crippen LogP contribution in [0.15, 0.2) is 0 Å². The van der Waals surface area contributed by atoms with Crippen molar-refractivity contribution in [3.05, 3.63) is 0 Å². The molecule has 0 aromatic carbocycles. The van der Waals surface area contributed by atoms with Gasteiger partial charge in [0.05, 0.1) is 0 Å². The molecule has 0 saturated carbocycles. The van der Waals surface area contributed by atoms with Gasteiger partial charge in [0.1, 0.15) is 8.07 Å². The minimum atomic E-state index is -1.57. The maximum absolute atomic E-state index is 12.4. The molecule has 0 aliphatic heterocycles. The van der Waals surface area contributed by atoms with Crippen molar-refractivity contribution in [3.8, 4) is 0 Å². The Hall–Kier alpha value is -0.270. The zero-order valence-electron chi connectivity index (χ0n) is 27.5. The van der Waals surface area contributed by atoms with Crippen molar-refractivity contribution >= 4 is 19.1 Å². The fraction of sp³-hybridized carbons (Fsp3) is 0.944. The fourth-order valence-electron chi connectivity index (χ4n) is 5.68. The van der Waals surface area contributed by atoms with Crippen molar-refractivity contribution < 1.29 is 9.59 Å². The van der Waals surface area contributed by atoms with E-state index in [0.717, 1.165) is 25.7 Å². The number of carbonyl (C=O) groups is 2. The number of hydrogen-bond acceptors (Lipinski definition) is 3. The molecule has 0 aromatic rings. The molecule has 0 amide bonds. The van der Waals surface area contributed by atoms with E-state index >= 15 is 0 Å². The van der Waals surface area contributed by atoms with E-state index < -0.39 is 8.07 Å². The zero-order chi connectivity index (χ0) is 29.4. The predicted molar refractivity (Wildman–Crippen MR) is 180 cm³/mol. The lowest BCUT2D eigenvalue weighted by Gasteiger charge is -2.09. The second kappa shape index (κ2) is 33.2. The van der Waals surface area contributed by atoms with Gasteiger partial charge in [-0.05, 0) is 12.8 Å². The Morgan fingerprint density at radius 1 is 0.350 bits per heavy atom. The molecule has 0 aliphatic rings. The molecule has 0 unspecified atom stereocenters. The normalized spacial score (nSPS) is 11.5. The van der Waals surface area contributed by atoms with Gasteiger partial charge in [0.25, 0.3) is 0 Å². The molecule has 0 bridgehead atoms. The number of rotatable bonds is 34. The molecule has 0 atom stereocenters. The smallest absolute Gasteiger partial charge is 0.176 e. The first-order valence-corrected chi connectivity index (χ1v) is 19.6. The van der Waals surface area contributed by atoms with Crippen molar-refractivity contribution in [2.45, 2.75) is 219 Å². The molecule has 0 heterocycles. The molecule has 0 spiro atoms. The Morgan fingerprint density at radius 2 is 0.525 bits per heavy atom. The van der Waals surface area contributed by atoms with E-state index in [9.17, 15) is 9.59 Å². The Kier molecular flexibility index (Phi) is 33.0. The van der Waals surface area contributed by atoms with Gasteiger partial charge in [0, 0.05) is 12.8 Å². The van der Waals surface area contributed by atoms with Gasteiger partial charge in [0.15, 0.2) is 11.0 Å². The van der Waals surface area contributed by atoms with E-state index in [1.54, 1.807) is 0 Å². The van der Waals surface area contributed by atoms with Crippen LogP contribution in [0.4, 0.5) is 0 Å². The van der Waals surface area contributed by atoms with Crippen LogP contribution >= 0.6 is 8.07 Å². The monoisotopic (exact) mass is 582 g/mol. The third-order valence-electron chi connectivity index (χ3n) is 8.53. The molecule has 0 saturated heterocycles. The number of nitrogens with two attached hydrogens (primary N) is 1. The maximum atomic E-state index is 12.4. The summed E-state index contributed by atoms with van der Waals surface area (Å²) in [4.78, 5) is 24.7. The second-order valence-electron chi connectivity index (χ2n) is 12.6. The van der Waals surface area contributed by atoms with Crippen LogP contribution in [0.2, 0.25) is 0 Å². The summed E-state index contributed by atoms with van der Waals surface area (Å²) in [5, 5.41) is 0. The topological polar surface area (TPSA) is 60.2 Å². The van der Waals surface area contributed by atoms with E-state index in [2.05, 4.69) is 13.8 Å². The average Bonchev–Trinajstić information content (AvgIpc) is 2.96. The van der Waals surface area contributed by atoms with Gasteiger partial charge in [-0.3, -0.25) is 15.1 Å². The molecule has 40 heavy (non-hydrogen) atoms. The minimum absolute atomic E-state index is 0.0238. The largest absolute Gasteiger partial charge is 0.298 e. The van der Waals surface area contributed by atoms with Crippen molar-refractivity contribution in [2.75, 3.05) is 0 Å². The minimum Gasteiger partial charge on any atom is -0.298 e.